The summed E-state index contributed by atoms with van der Waals surface area (Å²) in [5, 5.41) is 1.92. The lowest BCUT2D eigenvalue weighted by Crippen LogP contribution is -1.98. The van der Waals surface area contributed by atoms with Crippen LogP contribution in [-0.4, -0.2) is 4.98 Å². The predicted octanol–water partition coefficient (Wildman–Crippen LogP) is 3.40. The number of aromatic nitrogens is 1. The summed E-state index contributed by atoms with van der Waals surface area (Å²) in [7, 11) is 0. The molecule has 0 radical (unpaired) electrons. The van der Waals surface area contributed by atoms with Gasteiger partial charge < -0.3 is 10.5 Å². The molecule has 0 atom stereocenters. The Morgan fingerprint density at radius 1 is 0.895 bits per heavy atom. The molecule has 0 unspecified atom stereocenters. The van der Waals surface area contributed by atoms with Crippen LogP contribution in [0.1, 0.15) is 5.56 Å². The smallest absolute Gasteiger partial charge is 0.221 e. The molecule has 19 heavy (non-hydrogen) atoms. The number of pyridine rings is 1. The standard InChI is InChI=1S/C16H14N2O/c17-15-8-4-7-14-13(15)9-10-18-16(14)19-11-12-5-2-1-3-6-12/h1-10H,11,17H2. The van der Waals surface area contributed by atoms with Gasteiger partial charge in [-0.25, -0.2) is 4.98 Å². The number of nitrogens with two attached hydrogens (primary N) is 1. The Hall–Kier alpha value is -2.55. The van der Waals surface area contributed by atoms with Gasteiger partial charge in [-0.05, 0) is 23.8 Å². The SMILES string of the molecule is Nc1cccc2c(OCc3ccccc3)nccc12. The first-order valence-electron chi connectivity index (χ1n) is 6.14. The molecule has 1 heterocycles. The summed E-state index contributed by atoms with van der Waals surface area (Å²) in [6.07, 6.45) is 1.72. The third-order valence-corrected chi connectivity index (χ3v) is 3.02. The van der Waals surface area contributed by atoms with Crippen LogP contribution in [0.4, 0.5) is 5.69 Å². The normalized spacial score (nSPS) is 10.5. The summed E-state index contributed by atoms with van der Waals surface area (Å²) in [5.41, 5.74) is 7.81. The maximum absolute atomic E-state index is 5.95. The van der Waals surface area contributed by atoms with E-state index >= 15 is 0 Å². The summed E-state index contributed by atoms with van der Waals surface area (Å²) >= 11 is 0. The monoisotopic (exact) mass is 250 g/mol. The van der Waals surface area contributed by atoms with Crippen LogP contribution in [0.15, 0.2) is 60.8 Å². The molecule has 2 N–H and O–H groups in total. The van der Waals surface area contributed by atoms with Crippen LogP contribution >= 0.6 is 0 Å². The molecule has 0 aliphatic rings. The van der Waals surface area contributed by atoms with Crippen molar-refractivity contribution >= 4 is 16.5 Å². The average molecular weight is 250 g/mol. The largest absolute Gasteiger partial charge is 0.472 e. The van der Waals surface area contributed by atoms with Crippen molar-refractivity contribution in [3.05, 3.63) is 66.4 Å². The highest BCUT2D eigenvalue weighted by Crippen LogP contribution is 2.27. The molecule has 0 saturated heterocycles. The molecule has 3 aromatic rings. The molecule has 3 rings (SSSR count). The molecular weight excluding hydrogens is 236 g/mol. The van der Waals surface area contributed by atoms with Crippen molar-refractivity contribution in [2.24, 2.45) is 0 Å². The molecule has 0 amide bonds. The van der Waals surface area contributed by atoms with Gasteiger partial charge in [-0.1, -0.05) is 36.4 Å². The third kappa shape index (κ3) is 2.36. The molecule has 0 spiro atoms. The molecule has 1 aromatic heterocycles. The molecule has 3 heteroatoms. The Morgan fingerprint density at radius 3 is 2.58 bits per heavy atom. The van der Waals surface area contributed by atoms with Crippen LogP contribution in [-0.2, 0) is 6.61 Å². The molecule has 0 fully saturated rings. The maximum atomic E-state index is 5.95. The number of fused-ring (bicyclic) bond motifs is 1. The fraction of sp³-hybridized carbons (Fsp3) is 0.0625. The van der Waals surface area contributed by atoms with E-state index in [0.29, 0.717) is 12.5 Å². The Morgan fingerprint density at radius 2 is 1.74 bits per heavy atom. The van der Waals surface area contributed by atoms with Gasteiger partial charge in [0.25, 0.3) is 0 Å². The summed E-state index contributed by atoms with van der Waals surface area (Å²) in [5.74, 6) is 0.619. The number of nitrogens with zero attached hydrogens (tertiary/aromatic N) is 1. The van der Waals surface area contributed by atoms with Gasteiger partial charge in [0, 0.05) is 22.7 Å². The molecule has 0 aliphatic carbocycles. The topological polar surface area (TPSA) is 48.1 Å². The zero-order valence-corrected chi connectivity index (χ0v) is 10.4. The van der Waals surface area contributed by atoms with Crippen molar-refractivity contribution in [3.8, 4) is 5.88 Å². The molecule has 0 saturated carbocycles. The second kappa shape index (κ2) is 4.98. The number of hydrogen-bond donors (Lipinski definition) is 1. The van der Waals surface area contributed by atoms with Crippen molar-refractivity contribution < 1.29 is 4.74 Å². The number of nitrogen functional groups attached to an aromatic ring is 1. The first-order valence-corrected chi connectivity index (χ1v) is 6.14. The summed E-state index contributed by atoms with van der Waals surface area (Å²) in [6, 6.07) is 17.7. The number of ether oxygens (including phenoxy) is 1. The Balaban J connectivity index is 1.91. The van der Waals surface area contributed by atoms with Crippen molar-refractivity contribution in [2.45, 2.75) is 6.61 Å². The molecule has 3 nitrogen and oxygen atoms in total. The van der Waals surface area contributed by atoms with Crippen molar-refractivity contribution in [1.29, 1.82) is 0 Å². The second-order valence-corrected chi connectivity index (χ2v) is 4.33. The van der Waals surface area contributed by atoms with Crippen LogP contribution < -0.4 is 10.5 Å². The molecular formula is C16H14N2O. The highest BCUT2D eigenvalue weighted by atomic mass is 16.5. The van der Waals surface area contributed by atoms with E-state index in [1.807, 2.05) is 54.6 Å². The summed E-state index contributed by atoms with van der Waals surface area (Å²) in [6.45, 7) is 0.502. The number of rotatable bonds is 3. The Bertz CT molecular complexity index is 695. The highest BCUT2D eigenvalue weighted by Gasteiger charge is 2.05. The molecule has 0 bridgehead atoms. The van der Waals surface area contributed by atoms with E-state index in [9.17, 15) is 0 Å². The number of benzene rings is 2. The Kier molecular flexibility index (Phi) is 3.02. The van der Waals surface area contributed by atoms with Crippen LogP contribution in [0, 0.1) is 0 Å². The number of anilines is 1. The van der Waals surface area contributed by atoms with Crippen molar-refractivity contribution in [1.82, 2.24) is 4.98 Å². The van der Waals surface area contributed by atoms with Gasteiger partial charge in [0.1, 0.15) is 6.61 Å². The van der Waals surface area contributed by atoms with Crippen LogP contribution in [0.5, 0.6) is 5.88 Å². The lowest BCUT2D eigenvalue weighted by Gasteiger charge is -2.09. The van der Waals surface area contributed by atoms with Crippen molar-refractivity contribution in [2.75, 3.05) is 5.73 Å². The van der Waals surface area contributed by atoms with Gasteiger partial charge in [-0.15, -0.1) is 0 Å². The minimum absolute atomic E-state index is 0.502. The fourth-order valence-electron chi connectivity index (χ4n) is 2.05. The van der Waals surface area contributed by atoms with E-state index in [-0.39, 0.29) is 0 Å². The molecule has 2 aromatic carbocycles. The zero-order valence-electron chi connectivity index (χ0n) is 10.4. The van der Waals surface area contributed by atoms with Gasteiger partial charge in [0.15, 0.2) is 0 Å². The summed E-state index contributed by atoms with van der Waals surface area (Å²) < 4.78 is 5.79. The van der Waals surface area contributed by atoms with Crippen LogP contribution in [0.2, 0.25) is 0 Å². The van der Waals surface area contributed by atoms with Gasteiger partial charge in [0.05, 0.1) is 0 Å². The van der Waals surface area contributed by atoms with Crippen molar-refractivity contribution in [3.63, 3.8) is 0 Å². The average Bonchev–Trinajstić information content (AvgIpc) is 2.47. The van der Waals surface area contributed by atoms with Crippen LogP contribution in [0.25, 0.3) is 10.8 Å². The Labute approximate surface area is 111 Å². The second-order valence-electron chi connectivity index (χ2n) is 4.33. The summed E-state index contributed by atoms with van der Waals surface area (Å²) in [4.78, 5) is 4.29. The van der Waals surface area contributed by atoms with E-state index in [0.717, 1.165) is 22.0 Å². The lowest BCUT2D eigenvalue weighted by atomic mass is 10.1. The highest BCUT2D eigenvalue weighted by molar-refractivity contribution is 5.95. The molecule has 94 valence electrons. The van der Waals surface area contributed by atoms with E-state index in [1.165, 1.54) is 0 Å². The number of hydrogen-bond acceptors (Lipinski definition) is 3. The van der Waals surface area contributed by atoms with E-state index in [2.05, 4.69) is 4.98 Å². The quantitative estimate of drug-likeness (QED) is 0.725. The minimum Gasteiger partial charge on any atom is -0.472 e. The van der Waals surface area contributed by atoms with E-state index in [4.69, 9.17) is 10.5 Å². The maximum Gasteiger partial charge on any atom is 0.221 e. The minimum atomic E-state index is 0.502. The zero-order chi connectivity index (χ0) is 13.1. The van der Waals surface area contributed by atoms with Gasteiger partial charge >= 0.3 is 0 Å². The third-order valence-electron chi connectivity index (χ3n) is 3.02. The van der Waals surface area contributed by atoms with Gasteiger partial charge in [-0.3, -0.25) is 0 Å². The van der Waals surface area contributed by atoms with E-state index < -0.39 is 0 Å². The van der Waals surface area contributed by atoms with Gasteiger partial charge in [0.2, 0.25) is 5.88 Å². The first-order chi connectivity index (χ1) is 9.34. The van der Waals surface area contributed by atoms with E-state index in [1.54, 1.807) is 6.20 Å². The fourth-order valence-corrected chi connectivity index (χ4v) is 2.05. The lowest BCUT2D eigenvalue weighted by molar-refractivity contribution is 0.298. The first kappa shape index (κ1) is 11.5. The van der Waals surface area contributed by atoms with Crippen LogP contribution in [0.3, 0.4) is 0 Å². The van der Waals surface area contributed by atoms with Gasteiger partial charge in [-0.2, -0.15) is 0 Å². The molecule has 0 aliphatic heterocycles. The predicted molar refractivity (Wildman–Crippen MR) is 76.9 cm³/mol.